The van der Waals surface area contributed by atoms with Crippen molar-refractivity contribution in [1.82, 2.24) is 0 Å². The second kappa shape index (κ2) is 4.43. The number of amides is 1. The first-order valence-electron chi connectivity index (χ1n) is 5.44. The summed E-state index contributed by atoms with van der Waals surface area (Å²) < 4.78 is 18.2. The highest BCUT2D eigenvalue weighted by Gasteiger charge is 2.35. The monoisotopic (exact) mass is 238 g/mol. The minimum absolute atomic E-state index is 0.00504. The Bertz CT molecular complexity index is 421. The van der Waals surface area contributed by atoms with Crippen LogP contribution >= 0.6 is 0 Å². The molecule has 1 aliphatic heterocycles. The van der Waals surface area contributed by atoms with Crippen LogP contribution in [0, 0.1) is 5.82 Å². The third-order valence-electron chi connectivity index (χ3n) is 2.91. The van der Waals surface area contributed by atoms with Gasteiger partial charge in [0.15, 0.2) is 0 Å². The molecule has 1 aliphatic rings. The number of carbonyl (C=O) groups excluding carboxylic acids is 1. The molecule has 1 aromatic rings. The molecule has 0 saturated carbocycles. The van der Waals surface area contributed by atoms with E-state index in [0.29, 0.717) is 18.8 Å². The van der Waals surface area contributed by atoms with Gasteiger partial charge < -0.3 is 15.4 Å². The van der Waals surface area contributed by atoms with Gasteiger partial charge in [-0.3, -0.25) is 4.79 Å². The summed E-state index contributed by atoms with van der Waals surface area (Å²) in [5.74, 6) is -0.460. The average molecular weight is 238 g/mol. The number of carbonyl (C=O) groups is 1. The Morgan fingerprint density at radius 2 is 2.12 bits per heavy atom. The van der Waals surface area contributed by atoms with Crippen LogP contribution in [0.1, 0.15) is 6.92 Å². The molecule has 0 aliphatic carbocycles. The predicted molar refractivity (Wildman–Crippen MR) is 62.2 cm³/mol. The number of anilines is 1. The summed E-state index contributed by atoms with van der Waals surface area (Å²) in [4.78, 5) is 13.3. The first kappa shape index (κ1) is 12.0. The van der Waals surface area contributed by atoms with Gasteiger partial charge in [-0.1, -0.05) is 0 Å². The Morgan fingerprint density at radius 3 is 2.71 bits per heavy atom. The average Bonchev–Trinajstić information content (AvgIpc) is 2.34. The van der Waals surface area contributed by atoms with Crippen LogP contribution in [0.15, 0.2) is 24.3 Å². The molecule has 92 valence electrons. The van der Waals surface area contributed by atoms with E-state index in [2.05, 4.69) is 0 Å². The lowest BCUT2D eigenvalue weighted by Crippen LogP contribution is -2.56. The summed E-state index contributed by atoms with van der Waals surface area (Å²) in [6.45, 7) is 2.58. The highest BCUT2D eigenvalue weighted by atomic mass is 19.1. The molecule has 0 radical (unpaired) electrons. The van der Waals surface area contributed by atoms with Crippen LogP contribution in [0.4, 0.5) is 10.1 Å². The summed E-state index contributed by atoms with van der Waals surface area (Å²) in [5, 5.41) is 0. The van der Waals surface area contributed by atoms with Gasteiger partial charge in [0.25, 0.3) is 5.91 Å². The zero-order valence-electron chi connectivity index (χ0n) is 9.65. The Kier molecular flexibility index (Phi) is 3.13. The van der Waals surface area contributed by atoms with Crippen molar-refractivity contribution in [3.8, 4) is 0 Å². The number of hydrogen-bond acceptors (Lipinski definition) is 3. The SMILES string of the molecule is CC1(CN)CN(c2ccc(F)cc2)C(=O)CO1. The smallest absolute Gasteiger partial charge is 0.253 e. The maximum absolute atomic E-state index is 12.8. The van der Waals surface area contributed by atoms with Crippen LogP contribution in [0.25, 0.3) is 0 Å². The highest BCUT2D eigenvalue weighted by Crippen LogP contribution is 2.23. The molecule has 1 amide bonds. The van der Waals surface area contributed by atoms with E-state index in [1.807, 2.05) is 6.92 Å². The molecule has 2 N–H and O–H groups in total. The number of hydrogen-bond donors (Lipinski definition) is 1. The van der Waals surface area contributed by atoms with Crippen molar-refractivity contribution in [3.05, 3.63) is 30.1 Å². The van der Waals surface area contributed by atoms with Crippen LogP contribution in [0.5, 0.6) is 0 Å². The molecular weight excluding hydrogens is 223 g/mol. The van der Waals surface area contributed by atoms with Crippen LogP contribution in [-0.4, -0.2) is 31.2 Å². The molecule has 0 aromatic heterocycles. The molecule has 1 atom stereocenters. The van der Waals surface area contributed by atoms with Gasteiger partial charge in [0, 0.05) is 12.2 Å². The van der Waals surface area contributed by atoms with Crippen LogP contribution in [0.3, 0.4) is 0 Å². The fraction of sp³-hybridized carbons (Fsp3) is 0.417. The maximum atomic E-state index is 12.8. The van der Waals surface area contributed by atoms with Crippen molar-refractivity contribution in [2.24, 2.45) is 5.73 Å². The summed E-state index contributed by atoms with van der Waals surface area (Å²) >= 11 is 0. The highest BCUT2D eigenvalue weighted by molar-refractivity contribution is 5.95. The van der Waals surface area contributed by atoms with E-state index in [-0.39, 0.29) is 18.3 Å². The summed E-state index contributed by atoms with van der Waals surface area (Å²) in [7, 11) is 0. The van der Waals surface area contributed by atoms with Crippen molar-refractivity contribution < 1.29 is 13.9 Å². The molecule has 17 heavy (non-hydrogen) atoms. The molecule has 1 aromatic carbocycles. The molecule has 0 bridgehead atoms. The maximum Gasteiger partial charge on any atom is 0.253 e. The third kappa shape index (κ3) is 2.45. The van der Waals surface area contributed by atoms with Crippen molar-refractivity contribution >= 4 is 11.6 Å². The lowest BCUT2D eigenvalue weighted by atomic mass is 10.0. The van der Waals surface area contributed by atoms with Gasteiger partial charge >= 0.3 is 0 Å². The van der Waals surface area contributed by atoms with E-state index < -0.39 is 5.60 Å². The summed E-state index contributed by atoms with van der Waals surface area (Å²) in [6, 6.07) is 5.82. The van der Waals surface area contributed by atoms with Crippen molar-refractivity contribution in [2.75, 3.05) is 24.6 Å². The van der Waals surface area contributed by atoms with Gasteiger partial charge in [0.05, 0.1) is 12.1 Å². The summed E-state index contributed by atoms with van der Waals surface area (Å²) in [6.07, 6.45) is 0. The van der Waals surface area contributed by atoms with E-state index in [1.165, 1.54) is 12.1 Å². The first-order chi connectivity index (χ1) is 8.04. The molecule has 1 fully saturated rings. The van der Waals surface area contributed by atoms with Crippen molar-refractivity contribution in [2.45, 2.75) is 12.5 Å². The lowest BCUT2D eigenvalue weighted by Gasteiger charge is -2.39. The molecule has 1 saturated heterocycles. The first-order valence-corrected chi connectivity index (χ1v) is 5.44. The van der Waals surface area contributed by atoms with E-state index in [9.17, 15) is 9.18 Å². The minimum atomic E-state index is -0.539. The number of rotatable bonds is 2. The molecule has 2 rings (SSSR count). The standard InChI is InChI=1S/C12H15FN2O2/c1-12(7-14)8-15(11(16)6-17-12)10-4-2-9(13)3-5-10/h2-5H,6-8,14H2,1H3. The normalized spacial score (nSPS) is 25.1. The lowest BCUT2D eigenvalue weighted by molar-refractivity contribution is -0.135. The Hall–Kier alpha value is -1.46. The van der Waals surface area contributed by atoms with Gasteiger partial charge in [-0.2, -0.15) is 0 Å². The minimum Gasteiger partial charge on any atom is -0.362 e. The fourth-order valence-electron chi connectivity index (χ4n) is 1.76. The topological polar surface area (TPSA) is 55.6 Å². The van der Waals surface area contributed by atoms with Gasteiger partial charge in [-0.05, 0) is 31.2 Å². The van der Waals surface area contributed by atoms with Crippen molar-refractivity contribution in [1.29, 1.82) is 0 Å². The molecule has 1 unspecified atom stereocenters. The number of morpholine rings is 1. The van der Waals surface area contributed by atoms with E-state index in [1.54, 1.807) is 17.0 Å². The molecule has 1 heterocycles. The van der Waals surface area contributed by atoms with Gasteiger partial charge in [-0.15, -0.1) is 0 Å². The number of benzene rings is 1. The number of halogens is 1. The predicted octanol–water partition coefficient (Wildman–Crippen LogP) is 0.906. The van der Waals surface area contributed by atoms with Gasteiger partial charge in [-0.25, -0.2) is 4.39 Å². The zero-order chi connectivity index (χ0) is 12.5. The quantitative estimate of drug-likeness (QED) is 0.833. The largest absolute Gasteiger partial charge is 0.362 e. The Labute approximate surface area is 99.2 Å². The number of nitrogens with two attached hydrogens (primary N) is 1. The number of nitrogens with zero attached hydrogens (tertiary/aromatic N) is 1. The van der Waals surface area contributed by atoms with E-state index >= 15 is 0 Å². The van der Waals surface area contributed by atoms with Gasteiger partial charge in [0.2, 0.25) is 0 Å². The second-order valence-electron chi connectivity index (χ2n) is 4.40. The molecule has 5 heteroatoms. The Balaban J connectivity index is 2.24. The van der Waals surface area contributed by atoms with Crippen LogP contribution < -0.4 is 10.6 Å². The van der Waals surface area contributed by atoms with Gasteiger partial charge in [0.1, 0.15) is 12.4 Å². The second-order valence-corrected chi connectivity index (χ2v) is 4.40. The van der Waals surface area contributed by atoms with E-state index in [4.69, 9.17) is 10.5 Å². The Morgan fingerprint density at radius 1 is 1.47 bits per heavy atom. The number of ether oxygens (including phenoxy) is 1. The molecule has 4 nitrogen and oxygen atoms in total. The van der Waals surface area contributed by atoms with Crippen LogP contribution in [0.2, 0.25) is 0 Å². The van der Waals surface area contributed by atoms with E-state index in [0.717, 1.165) is 0 Å². The molecular formula is C12H15FN2O2. The molecule has 0 spiro atoms. The zero-order valence-corrected chi connectivity index (χ0v) is 9.65. The third-order valence-corrected chi connectivity index (χ3v) is 2.91. The van der Waals surface area contributed by atoms with Crippen LogP contribution in [-0.2, 0) is 9.53 Å². The van der Waals surface area contributed by atoms with Crippen molar-refractivity contribution in [3.63, 3.8) is 0 Å². The summed E-state index contributed by atoms with van der Waals surface area (Å²) in [5.41, 5.74) is 5.75. The fourth-order valence-corrected chi connectivity index (χ4v) is 1.76.